The van der Waals surface area contributed by atoms with Crippen molar-refractivity contribution in [2.24, 2.45) is 5.73 Å². The van der Waals surface area contributed by atoms with Gasteiger partial charge in [0.25, 0.3) is 10.1 Å². The molecule has 2 aromatic rings. The second-order valence-electron chi connectivity index (χ2n) is 7.57. The summed E-state index contributed by atoms with van der Waals surface area (Å²) in [6, 6.07) is 11.3. The van der Waals surface area contributed by atoms with Gasteiger partial charge in [-0.3, -0.25) is 4.55 Å². The molecule has 35 heavy (non-hydrogen) atoms. The molecular weight excluding hydrogens is 500 g/mol. The summed E-state index contributed by atoms with van der Waals surface area (Å²) in [7, 11) is -4.48. The maximum Gasteiger partial charge on any atom is 0.334 e. The third kappa shape index (κ3) is 5.39. The third-order valence-corrected chi connectivity index (χ3v) is 6.67. The molecule has 1 atom stereocenters. The molecule has 0 spiro atoms. The van der Waals surface area contributed by atoms with Crippen molar-refractivity contribution in [3.63, 3.8) is 0 Å². The highest BCUT2D eigenvalue weighted by atomic mass is 35.5. The molecule has 0 saturated heterocycles. The smallest absolute Gasteiger partial charge is 0.334 e. The normalized spacial score (nSPS) is 16.6. The first-order valence-corrected chi connectivity index (χ1v) is 12.1. The molecule has 12 heteroatoms. The van der Waals surface area contributed by atoms with Gasteiger partial charge in [0.15, 0.2) is 0 Å². The Bertz CT molecular complexity index is 1320. The lowest BCUT2D eigenvalue weighted by atomic mass is 9.79. The van der Waals surface area contributed by atoms with E-state index in [-0.39, 0.29) is 57.9 Å². The van der Waals surface area contributed by atoms with Crippen molar-refractivity contribution in [2.75, 3.05) is 24.7 Å². The number of carbonyl (C=O) groups is 2. The first-order chi connectivity index (χ1) is 16.5. The zero-order valence-electron chi connectivity index (χ0n) is 18.5. The van der Waals surface area contributed by atoms with E-state index in [0.717, 1.165) is 12.1 Å². The number of aliphatic carboxylic acids is 2. The molecule has 1 aliphatic rings. The quantitative estimate of drug-likeness (QED) is 0.284. The molecule has 0 fully saturated rings. The SMILES string of the molecule is CC1=C(C(=O)O)[C@H](c2ccccc2Cl)C(C(=O)O)=C(COCCN)N1c1ccc(S(=O)(=O)O)cc1. The molecule has 0 unspecified atom stereocenters. The Balaban J connectivity index is 2.33. The van der Waals surface area contributed by atoms with E-state index >= 15 is 0 Å². The van der Waals surface area contributed by atoms with Crippen LogP contribution in [0, 0.1) is 0 Å². The number of allylic oxidation sites excluding steroid dienone is 1. The molecule has 0 aliphatic carbocycles. The summed E-state index contributed by atoms with van der Waals surface area (Å²) in [5.74, 6) is -3.96. The number of hydrogen-bond donors (Lipinski definition) is 4. The second-order valence-corrected chi connectivity index (χ2v) is 9.40. The minimum atomic E-state index is -4.48. The first-order valence-electron chi connectivity index (χ1n) is 10.3. The van der Waals surface area contributed by atoms with Gasteiger partial charge in [-0.25, -0.2) is 9.59 Å². The molecule has 1 heterocycles. The maximum absolute atomic E-state index is 12.6. The zero-order valence-corrected chi connectivity index (χ0v) is 20.1. The topological polar surface area (TPSA) is 167 Å². The molecule has 0 aromatic heterocycles. The van der Waals surface area contributed by atoms with Crippen molar-refractivity contribution in [1.29, 1.82) is 0 Å². The predicted molar refractivity (Wildman–Crippen MR) is 128 cm³/mol. The maximum atomic E-state index is 12.6. The molecule has 5 N–H and O–H groups in total. The van der Waals surface area contributed by atoms with E-state index in [1.54, 1.807) is 18.2 Å². The lowest BCUT2D eigenvalue weighted by Gasteiger charge is -2.38. The average molecular weight is 523 g/mol. The Morgan fingerprint density at radius 2 is 1.66 bits per heavy atom. The number of halogens is 1. The van der Waals surface area contributed by atoms with E-state index < -0.39 is 28.0 Å². The number of carboxylic acids is 2. The van der Waals surface area contributed by atoms with Gasteiger partial charge in [0.05, 0.1) is 40.9 Å². The van der Waals surface area contributed by atoms with E-state index in [1.165, 1.54) is 30.0 Å². The summed E-state index contributed by atoms with van der Waals surface area (Å²) in [5.41, 5.74) is 5.88. The first kappa shape index (κ1) is 26.4. The number of hydrogen-bond acceptors (Lipinski definition) is 7. The zero-order chi connectivity index (χ0) is 25.9. The van der Waals surface area contributed by atoms with Crippen LogP contribution in [-0.2, 0) is 24.4 Å². The van der Waals surface area contributed by atoms with Crippen molar-refractivity contribution in [3.8, 4) is 0 Å². The third-order valence-electron chi connectivity index (χ3n) is 5.45. The van der Waals surface area contributed by atoms with Crippen molar-refractivity contribution < 1.29 is 37.5 Å². The molecule has 0 amide bonds. The van der Waals surface area contributed by atoms with Crippen LogP contribution >= 0.6 is 11.6 Å². The minimum Gasteiger partial charge on any atom is -0.478 e. The van der Waals surface area contributed by atoms with Crippen LogP contribution in [0.3, 0.4) is 0 Å². The summed E-state index contributed by atoms with van der Waals surface area (Å²) in [6.07, 6.45) is 0. The van der Waals surface area contributed by atoms with Gasteiger partial charge >= 0.3 is 11.9 Å². The number of carboxylic acid groups (broad SMARTS) is 2. The summed E-state index contributed by atoms with van der Waals surface area (Å²) >= 11 is 6.36. The fourth-order valence-corrected chi connectivity index (χ4v) is 4.74. The second kappa shape index (κ2) is 10.6. The van der Waals surface area contributed by atoms with Gasteiger partial charge in [-0.2, -0.15) is 8.42 Å². The van der Waals surface area contributed by atoms with Gasteiger partial charge < -0.3 is 25.6 Å². The Kier molecular flexibility index (Phi) is 7.98. The van der Waals surface area contributed by atoms with Gasteiger partial charge in [0.1, 0.15) is 0 Å². The fraction of sp³-hybridized carbons (Fsp3) is 0.217. The van der Waals surface area contributed by atoms with Gasteiger partial charge in [-0.05, 0) is 42.8 Å². The van der Waals surface area contributed by atoms with Crippen molar-refractivity contribution in [1.82, 2.24) is 0 Å². The molecule has 186 valence electrons. The standard InChI is InChI=1S/C23H23ClN2O8S/c1-13-19(22(27)28)20(16-4-2-3-5-17(16)24)21(23(29)30)18(12-34-11-10-25)26(13)14-6-8-15(9-7-14)35(31,32)33/h2-9,20H,10-12,25H2,1H3,(H,27,28)(H,29,30)(H,31,32,33)/t20-/m0/s1. The van der Waals surface area contributed by atoms with E-state index in [2.05, 4.69) is 0 Å². The number of ether oxygens (including phenoxy) is 1. The number of rotatable bonds is 9. The molecule has 0 saturated carbocycles. The van der Waals surface area contributed by atoms with E-state index in [1.807, 2.05) is 0 Å². The summed E-state index contributed by atoms with van der Waals surface area (Å²) in [5, 5.41) is 20.6. The Hall–Kier alpha value is -3.22. The van der Waals surface area contributed by atoms with Crippen molar-refractivity contribution in [2.45, 2.75) is 17.7 Å². The number of benzene rings is 2. The Morgan fingerprint density at radius 3 is 2.17 bits per heavy atom. The number of nitrogens with zero attached hydrogens (tertiary/aromatic N) is 1. The highest BCUT2D eigenvalue weighted by Gasteiger charge is 2.42. The summed E-state index contributed by atoms with van der Waals surface area (Å²) in [6.45, 7) is 1.55. The van der Waals surface area contributed by atoms with E-state index in [0.29, 0.717) is 5.56 Å². The van der Waals surface area contributed by atoms with Crippen LogP contribution in [0.4, 0.5) is 5.69 Å². The van der Waals surface area contributed by atoms with Crippen LogP contribution in [0.25, 0.3) is 0 Å². The summed E-state index contributed by atoms with van der Waals surface area (Å²) in [4.78, 5) is 26.0. The molecular formula is C23H23ClN2O8S. The summed E-state index contributed by atoms with van der Waals surface area (Å²) < 4.78 is 37.8. The van der Waals surface area contributed by atoms with Crippen LogP contribution in [0.15, 0.2) is 76.0 Å². The number of anilines is 1. The van der Waals surface area contributed by atoms with Crippen LogP contribution < -0.4 is 10.6 Å². The van der Waals surface area contributed by atoms with Crippen LogP contribution in [0.5, 0.6) is 0 Å². The fourth-order valence-electron chi connectivity index (χ4n) is 4.02. The molecule has 3 rings (SSSR count). The monoisotopic (exact) mass is 522 g/mol. The van der Waals surface area contributed by atoms with E-state index in [4.69, 9.17) is 22.1 Å². The minimum absolute atomic E-state index is 0.108. The molecule has 1 aliphatic heterocycles. The average Bonchev–Trinajstić information content (AvgIpc) is 2.78. The van der Waals surface area contributed by atoms with Crippen molar-refractivity contribution >= 4 is 39.3 Å². The van der Waals surface area contributed by atoms with Crippen LogP contribution in [0.1, 0.15) is 18.4 Å². The van der Waals surface area contributed by atoms with E-state index in [9.17, 15) is 32.8 Å². The molecule has 0 bridgehead atoms. The van der Waals surface area contributed by atoms with Crippen LogP contribution in [-0.4, -0.2) is 54.9 Å². The lowest BCUT2D eigenvalue weighted by Crippen LogP contribution is -2.37. The largest absolute Gasteiger partial charge is 0.478 e. The Morgan fingerprint density at radius 1 is 1.06 bits per heavy atom. The molecule has 2 aromatic carbocycles. The van der Waals surface area contributed by atoms with Gasteiger partial charge in [0, 0.05) is 23.0 Å². The van der Waals surface area contributed by atoms with Gasteiger partial charge in [0.2, 0.25) is 0 Å². The molecule has 10 nitrogen and oxygen atoms in total. The highest BCUT2D eigenvalue weighted by molar-refractivity contribution is 7.85. The van der Waals surface area contributed by atoms with Gasteiger partial charge in [-0.15, -0.1) is 0 Å². The van der Waals surface area contributed by atoms with Crippen molar-refractivity contribution in [3.05, 3.63) is 81.7 Å². The predicted octanol–water partition coefficient (Wildman–Crippen LogP) is 2.86. The van der Waals surface area contributed by atoms with Crippen LogP contribution in [0.2, 0.25) is 5.02 Å². The molecule has 0 radical (unpaired) electrons. The Labute approximate surface area is 206 Å². The lowest BCUT2D eigenvalue weighted by molar-refractivity contribution is -0.133. The highest BCUT2D eigenvalue weighted by Crippen LogP contribution is 2.45. The van der Waals surface area contributed by atoms with Gasteiger partial charge in [-0.1, -0.05) is 29.8 Å². The number of nitrogens with two attached hydrogens (primary N) is 1.